The van der Waals surface area contributed by atoms with E-state index < -0.39 is 11.2 Å². The van der Waals surface area contributed by atoms with Crippen LogP contribution < -0.4 is 19.8 Å². The number of rotatable bonds is 4. The van der Waals surface area contributed by atoms with E-state index in [1.165, 1.54) is 0 Å². The van der Waals surface area contributed by atoms with Gasteiger partial charge in [0.15, 0.2) is 23.0 Å². The van der Waals surface area contributed by atoms with Crippen LogP contribution in [0.4, 0.5) is 17.1 Å². The fourth-order valence-electron chi connectivity index (χ4n) is 3.47. The maximum atomic E-state index is 10.4. The second kappa shape index (κ2) is 6.52. The third kappa shape index (κ3) is 2.95. The Kier molecular flexibility index (Phi) is 4.14. The van der Waals surface area contributed by atoms with Gasteiger partial charge in [0.25, 0.3) is 0 Å². The van der Waals surface area contributed by atoms with Gasteiger partial charge in [0.1, 0.15) is 5.69 Å². The van der Waals surface area contributed by atoms with E-state index >= 15 is 0 Å². The Labute approximate surface area is 177 Å². The Hall–Kier alpha value is -2.96. The Morgan fingerprint density at radius 3 is 1.80 bits per heavy atom. The molecular formula is C24H23BNO4. The van der Waals surface area contributed by atoms with Gasteiger partial charge in [-0.05, 0) is 69.6 Å². The van der Waals surface area contributed by atoms with E-state index in [4.69, 9.17) is 14.1 Å². The van der Waals surface area contributed by atoms with Crippen molar-refractivity contribution in [1.82, 2.24) is 0 Å². The van der Waals surface area contributed by atoms with Crippen LogP contribution in [-0.4, -0.2) is 23.8 Å². The second-order valence-corrected chi connectivity index (χ2v) is 8.65. The normalized spacial score (nSPS) is 14.1. The van der Waals surface area contributed by atoms with E-state index in [0.717, 1.165) is 34.0 Å². The van der Waals surface area contributed by atoms with Gasteiger partial charge >= 0.3 is 7.48 Å². The number of anilines is 3. The standard InChI is InChI=1S/C24H23BNO4/c1-23(2,27)24(3,4)30-25-15-13-20-22-21(14-15)29-19-12-8-6-10-17(19)26(22)16-9-5-7-11-18(16)28-20/h5-14,27H,1-4H3. The molecule has 0 spiro atoms. The summed E-state index contributed by atoms with van der Waals surface area (Å²) in [5, 5.41) is 10.4. The van der Waals surface area contributed by atoms with E-state index in [0.29, 0.717) is 11.5 Å². The molecule has 2 aliphatic heterocycles. The fraction of sp³-hybridized carbons (Fsp3) is 0.250. The molecule has 5 rings (SSSR count). The molecule has 6 heteroatoms. The molecule has 0 saturated heterocycles. The molecule has 0 saturated carbocycles. The molecule has 0 aliphatic carbocycles. The van der Waals surface area contributed by atoms with Gasteiger partial charge in [0.05, 0.1) is 22.6 Å². The van der Waals surface area contributed by atoms with Crippen LogP contribution in [0.1, 0.15) is 27.7 Å². The molecule has 151 valence electrons. The minimum absolute atomic E-state index is 0.691. The van der Waals surface area contributed by atoms with Crippen molar-refractivity contribution in [3.8, 4) is 23.0 Å². The van der Waals surface area contributed by atoms with Gasteiger partial charge in [0, 0.05) is 0 Å². The van der Waals surface area contributed by atoms with Gasteiger partial charge in [0.2, 0.25) is 0 Å². The van der Waals surface area contributed by atoms with E-state index in [1.807, 2.05) is 74.5 Å². The number of hydrogen-bond donors (Lipinski definition) is 1. The fourth-order valence-corrected chi connectivity index (χ4v) is 3.47. The number of aliphatic hydroxyl groups is 1. The first-order valence-corrected chi connectivity index (χ1v) is 10.00. The summed E-state index contributed by atoms with van der Waals surface area (Å²) in [5.74, 6) is 2.94. The van der Waals surface area contributed by atoms with Crippen LogP contribution in [0.15, 0.2) is 60.7 Å². The van der Waals surface area contributed by atoms with Crippen molar-refractivity contribution in [2.45, 2.75) is 38.9 Å². The number of nitrogens with zero attached hydrogens (tertiary/aromatic N) is 1. The summed E-state index contributed by atoms with van der Waals surface area (Å²) in [6.07, 6.45) is 0. The molecule has 5 nitrogen and oxygen atoms in total. The molecule has 0 atom stereocenters. The third-order valence-corrected chi connectivity index (χ3v) is 5.90. The molecule has 3 aromatic rings. The molecular weight excluding hydrogens is 377 g/mol. The Balaban J connectivity index is 1.59. The van der Waals surface area contributed by atoms with Crippen molar-refractivity contribution >= 4 is 30.0 Å². The van der Waals surface area contributed by atoms with Gasteiger partial charge in [-0.25, -0.2) is 0 Å². The van der Waals surface area contributed by atoms with Crippen molar-refractivity contribution in [1.29, 1.82) is 0 Å². The van der Waals surface area contributed by atoms with Crippen LogP contribution >= 0.6 is 0 Å². The minimum atomic E-state index is -1.01. The smallest absolute Gasteiger partial charge is 0.331 e. The third-order valence-electron chi connectivity index (χ3n) is 5.90. The van der Waals surface area contributed by atoms with Gasteiger partial charge in [-0.2, -0.15) is 0 Å². The number of benzene rings is 3. The molecule has 2 aliphatic rings. The van der Waals surface area contributed by atoms with Crippen LogP contribution in [0.3, 0.4) is 0 Å². The Bertz CT molecular complexity index is 1070. The summed E-state index contributed by atoms with van der Waals surface area (Å²) < 4.78 is 18.4. The topological polar surface area (TPSA) is 51.2 Å². The quantitative estimate of drug-likeness (QED) is 0.422. The summed E-state index contributed by atoms with van der Waals surface area (Å²) in [4.78, 5) is 2.17. The zero-order chi connectivity index (χ0) is 21.1. The summed E-state index contributed by atoms with van der Waals surface area (Å²) in [6.45, 7) is 7.17. The van der Waals surface area contributed by atoms with Crippen LogP contribution in [0.5, 0.6) is 23.0 Å². The van der Waals surface area contributed by atoms with Gasteiger partial charge in [-0.15, -0.1) is 0 Å². The summed E-state index contributed by atoms with van der Waals surface area (Å²) >= 11 is 0. The molecule has 1 N–H and O–H groups in total. The lowest BCUT2D eigenvalue weighted by atomic mass is 9.82. The SMILES string of the molecule is CC(C)(O)C(C)(C)O[B]c1cc2c3c(c1)Oc1ccccc1N3c1ccccc1O2. The molecule has 0 unspecified atom stereocenters. The predicted molar refractivity (Wildman–Crippen MR) is 118 cm³/mol. The highest BCUT2D eigenvalue weighted by Crippen LogP contribution is 2.58. The second-order valence-electron chi connectivity index (χ2n) is 8.65. The highest BCUT2D eigenvalue weighted by Gasteiger charge is 2.37. The van der Waals surface area contributed by atoms with E-state index in [-0.39, 0.29) is 0 Å². The lowest BCUT2D eigenvalue weighted by molar-refractivity contribution is -0.0893. The monoisotopic (exact) mass is 400 g/mol. The van der Waals surface area contributed by atoms with E-state index in [9.17, 15) is 5.11 Å². The average molecular weight is 400 g/mol. The van der Waals surface area contributed by atoms with Gasteiger partial charge in [-0.1, -0.05) is 24.3 Å². The highest BCUT2D eigenvalue weighted by molar-refractivity contribution is 6.47. The number of ether oxygens (including phenoxy) is 2. The first kappa shape index (κ1) is 19.0. The average Bonchev–Trinajstić information content (AvgIpc) is 2.71. The van der Waals surface area contributed by atoms with Crippen LogP contribution in [0, 0.1) is 0 Å². The Morgan fingerprint density at radius 1 is 0.800 bits per heavy atom. The summed E-state index contributed by atoms with van der Waals surface area (Å²) in [7, 11) is 1.65. The largest absolute Gasteiger partial charge is 0.453 e. The van der Waals surface area contributed by atoms with E-state index in [1.54, 1.807) is 21.3 Å². The molecule has 1 radical (unpaired) electrons. The zero-order valence-electron chi connectivity index (χ0n) is 17.5. The highest BCUT2D eigenvalue weighted by atomic mass is 16.5. The molecule has 0 aromatic heterocycles. The van der Waals surface area contributed by atoms with Crippen LogP contribution in [0.25, 0.3) is 0 Å². The van der Waals surface area contributed by atoms with E-state index in [2.05, 4.69) is 4.90 Å². The van der Waals surface area contributed by atoms with Crippen molar-refractivity contribution in [2.75, 3.05) is 4.90 Å². The summed E-state index contributed by atoms with van der Waals surface area (Å²) in [6, 6.07) is 19.8. The lowest BCUT2D eigenvalue weighted by Crippen LogP contribution is -2.49. The molecule has 3 aromatic carbocycles. The first-order valence-electron chi connectivity index (χ1n) is 10.00. The van der Waals surface area contributed by atoms with Crippen molar-refractivity contribution in [2.24, 2.45) is 0 Å². The van der Waals surface area contributed by atoms with Crippen LogP contribution in [-0.2, 0) is 4.65 Å². The molecule has 30 heavy (non-hydrogen) atoms. The van der Waals surface area contributed by atoms with Crippen LogP contribution in [0.2, 0.25) is 0 Å². The first-order chi connectivity index (χ1) is 14.2. The van der Waals surface area contributed by atoms with Gasteiger partial charge in [-0.3, -0.25) is 4.90 Å². The van der Waals surface area contributed by atoms with Crippen molar-refractivity contribution in [3.63, 3.8) is 0 Å². The number of fused-ring (bicyclic) bond motifs is 4. The Morgan fingerprint density at radius 2 is 1.30 bits per heavy atom. The number of para-hydroxylation sites is 4. The number of hydrogen-bond acceptors (Lipinski definition) is 5. The maximum absolute atomic E-state index is 10.4. The zero-order valence-corrected chi connectivity index (χ0v) is 17.5. The lowest BCUT2D eigenvalue weighted by Gasteiger charge is -2.39. The molecule has 0 fully saturated rings. The predicted octanol–water partition coefficient (Wildman–Crippen LogP) is 5.18. The molecule has 0 bridgehead atoms. The molecule has 0 amide bonds. The van der Waals surface area contributed by atoms with Gasteiger partial charge < -0.3 is 19.2 Å². The minimum Gasteiger partial charge on any atom is -0.453 e. The maximum Gasteiger partial charge on any atom is 0.331 e. The summed E-state index contributed by atoms with van der Waals surface area (Å²) in [5.41, 5.74) is 1.82. The van der Waals surface area contributed by atoms with Crippen molar-refractivity contribution < 1.29 is 19.2 Å². The van der Waals surface area contributed by atoms with Crippen molar-refractivity contribution in [3.05, 3.63) is 60.7 Å². The molecule has 2 heterocycles.